The summed E-state index contributed by atoms with van der Waals surface area (Å²) in [6, 6.07) is 0.299. The third-order valence-electron chi connectivity index (χ3n) is 2.89. The number of nitrogen functional groups attached to an aromatic ring is 1. The molecule has 2 N–H and O–H groups in total. The van der Waals surface area contributed by atoms with Gasteiger partial charge in [-0.2, -0.15) is 9.97 Å². The van der Waals surface area contributed by atoms with Gasteiger partial charge in [0.1, 0.15) is 5.82 Å². The number of nitrogens with two attached hydrogens (primary N) is 1. The second kappa shape index (κ2) is 3.07. The van der Waals surface area contributed by atoms with Crippen LogP contribution >= 0.6 is 0 Å². The molecule has 1 fully saturated rings. The van der Waals surface area contributed by atoms with Crippen LogP contribution in [0.4, 0.5) is 11.8 Å². The lowest BCUT2D eigenvalue weighted by molar-refractivity contribution is -0.117. The van der Waals surface area contributed by atoms with Gasteiger partial charge in [0.05, 0.1) is 19.1 Å². The summed E-state index contributed by atoms with van der Waals surface area (Å²) in [5, 5.41) is 0. The maximum absolute atomic E-state index is 11.9. The number of hydrogen-bond donors (Lipinski definition) is 1. The van der Waals surface area contributed by atoms with Crippen molar-refractivity contribution in [1.82, 2.24) is 9.97 Å². The van der Waals surface area contributed by atoms with E-state index in [1.165, 1.54) is 7.11 Å². The molecular weight excluding hydrogens is 208 g/mol. The zero-order chi connectivity index (χ0) is 11.3. The van der Waals surface area contributed by atoms with Gasteiger partial charge >= 0.3 is 0 Å². The van der Waals surface area contributed by atoms with Crippen LogP contribution in [0.25, 0.3) is 0 Å². The number of methoxy groups -OCH3 is 1. The lowest BCUT2D eigenvalue weighted by Gasteiger charge is -2.15. The predicted octanol–water partition coefficient (Wildman–Crippen LogP) is 0.119. The van der Waals surface area contributed by atoms with E-state index in [0.29, 0.717) is 24.2 Å². The molecule has 1 aliphatic heterocycles. The van der Waals surface area contributed by atoms with E-state index < -0.39 is 0 Å². The molecule has 6 heteroatoms. The molecule has 1 saturated carbocycles. The van der Waals surface area contributed by atoms with Crippen LogP contribution in [-0.2, 0) is 11.2 Å². The first-order valence-corrected chi connectivity index (χ1v) is 5.23. The van der Waals surface area contributed by atoms with Gasteiger partial charge in [0.2, 0.25) is 17.7 Å². The van der Waals surface area contributed by atoms with Crippen molar-refractivity contribution >= 4 is 17.7 Å². The quantitative estimate of drug-likeness (QED) is 0.765. The van der Waals surface area contributed by atoms with Gasteiger partial charge in [-0.05, 0) is 12.8 Å². The summed E-state index contributed by atoms with van der Waals surface area (Å²) in [5.74, 6) is 1.27. The van der Waals surface area contributed by atoms with Gasteiger partial charge in [-0.1, -0.05) is 0 Å². The molecule has 2 heterocycles. The minimum atomic E-state index is 0.0655. The first-order chi connectivity index (χ1) is 7.70. The first kappa shape index (κ1) is 9.38. The van der Waals surface area contributed by atoms with E-state index in [2.05, 4.69) is 9.97 Å². The number of anilines is 2. The van der Waals surface area contributed by atoms with Crippen LogP contribution in [-0.4, -0.2) is 29.0 Å². The Balaban J connectivity index is 2.13. The third-order valence-corrected chi connectivity index (χ3v) is 2.89. The van der Waals surface area contributed by atoms with Gasteiger partial charge in [-0.3, -0.25) is 9.69 Å². The number of aromatic nitrogens is 2. The highest BCUT2D eigenvalue weighted by Gasteiger charge is 2.41. The van der Waals surface area contributed by atoms with Crippen molar-refractivity contribution in [2.75, 3.05) is 17.7 Å². The Morgan fingerprint density at radius 3 is 2.81 bits per heavy atom. The Morgan fingerprint density at radius 2 is 2.19 bits per heavy atom. The number of carbonyl (C=O) groups is 1. The van der Waals surface area contributed by atoms with Crippen LogP contribution < -0.4 is 15.4 Å². The Labute approximate surface area is 92.4 Å². The van der Waals surface area contributed by atoms with Crippen LogP contribution in [0.2, 0.25) is 0 Å². The topological polar surface area (TPSA) is 81.3 Å². The van der Waals surface area contributed by atoms with Crippen molar-refractivity contribution in [3.8, 4) is 5.88 Å². The van der Waals surface area contributed by atoms with E-state index in [9.17, 15) is 4.79 Å². The molecule has 1 aliphatic carbocycles. The number of carbonyl (C=O) groups excluding carboxylic acids is 1. The smallest absolute Gasteiger partial charge is 0.233 e. The number of amides is 1. The molecule has 2 aliphatic rings. The van der Waals surface area contributed by atoms with Crippen molar-refractivity contribution < 1.29 is 9.53 Å². The summed E-state index contributed by atoms with van der Waals surface area (Å²) >= 11 is 0. The summed E-state index contributed by atoms with van der Waals surface area (Å²) < 4.78 is 5.12. The fourth-order valence-electron chi connectivity index (χ4n) is 2.05. The van der Waals surface area contributed by atoms with Crippen molar-refractivity contribution in [1.29, 1.82) is 0 Å². The van der Waals surface area contributed by atoms with Gasteiger partial charge in [0, 0.05) is 6.04 Å². The van der Waals surface area contributed by atoms with E-state index in [0.717, 1.165) is 18.4 Å². The lowest BCUT2D eigenvalue weighted by atomic mass is 10.2. The second-order valence-corrected chi connectivity index (χ2v) is 4.06. The summed E-state index contributed by atoms with van der Waals surface area (Å²) in [5.41, 5.74) is 6.35. The van der Waals surface area contributed by atoms with Crippen molar-refractivity contribution in [2.24, 2.45) is 0 Å². The van der Waals surface area contributed by atoms with E-state index in [1.807, 2.05) is 0 Å². The van der Waals surface area contributed by atoms with Crippen LogP contribution in [0, 0.1) is 0 Å². The molecule has 3 rings (SSSR count). The van der Waals surface area contributed by atoms with Crippen LogP contribution in [0.5, 0.6) is 5.88 Å². The molecule has 1 aromatic heterocycles. The number of fused-ring (bicyclic) bond motifs is 1. The highest BCUT2D eigenvalue weighted by atomic mass is 16.5. The first-order valence-electron chi connectivity index (χ1n) is 5.23. The number of ether oxygens (including phenoxy) is 1. The van der Waals surface area contributed by atoms with Gasteiger partial charge in [0.15, 0.2) is 0 Å². The van der Waals surface area contributed by atoms with Crippen LogP contribution in [0.15, 0.2) is 0 Å². The number of nitrogens with zero attached hydrogens (tertiary/aromatic N) is 3. The third kappa shape index (κ3) is 1.22. The molecule has 0 atom stereocenters. The SMILES string of the molecule is COc1nc(N)nc2c1CC(=O)N2C1CC1. The maximum atomic E-state index is 11.9. The van der Waals surface area contributed by atoms with E-state index in [-0.39, 0.29) is 11.9 Å². The van der Waals surface area contributed by atoms with Gasteiger partial charge < -0.3 is 10.5 Å². The van der Waals surface area contributed by atoms with Gasteiger partial charge in [-0.15, -0.1) is 0 Å². The lowest BCUT2D eigenvalue weighted by Crippen LogP contribution is -2.29. The molecule has 0 aromatic carbocycles. The summed E-state index contributed by atoms with van der Waals surface area (Å²) in [6.45, 7) is 0. The zero-order valence-corrected chi connectivity index (χ0v) is 8.93. The molecule has 0 saturated heterocycles. The maximum Gasteiger partial charge on any atom is 0.233 e. The van der Waals surface area contributed by atoms with Gasteiger partial charge in [0.25, 0.3) is 0 Å². The predicted molar refractivity (Wildman–Crippen MR) is 57.2 cm³/mol. The van der Waals surface area contributed by atoms with E-state index >= 15 is 0 Å². The monoisotopic (exact) mass is 220 g/mol. The molecule has 1 aromatic rings. The Morgan fingerprint density at radius 1 is 1.44 bits per heavy atom. The molecule has 16 heavy (non-hydrogen) atoms. The van der Waals surface area contributed by atoms with Crippen LogP contribution in [0.1, 0.15) is 18.4 Å². The minimum absolute atomic E-state index is 0.0655. The Bertz CT molecular complexity index is 470. The molecule has 6 nitrogen and oxygen atoms in total. The van der Waals surface area contributed by atoms with Crippen LogP contribution in [0.3, 0.4) is 0 Å². The number of rotatable bonds is 2. The van der Waals surface area contributed by atoms with Crippen molar-refractivity contribution in [3.63, 3.8) is 0 Å². The second-order valence-electron chi connectivity index (χ2n) is 4.06. The van der Waals surface area contributed by atoms with E-state index in [4.69, 9.17) is 10.5 Å². The van der Waals surface area contributed by atoms with E-state index in [1.54, 1.807) is 4.90 Å². The normalized spacial score (nSPS) is 18.8. The fraction of sp³-hybridized carbons (Fsp3) is 0.500. The average Bonchev–Trinajstić information content (AvgIpc) is 3.01. The molecule has 0 radical (unpaired) electrons. The molecule has 1 amide bonds. The molecule has 0 bridgehead atoms. The molecule has 0 unspecified atom stereocenters. The molecule has 84 valence electrons. The molecule has 0 spiro atoms. The average molecular weight is 220 g/mol. The standard InChI is InChI=1S/C10H12N4O2/c1-16-9-6-4-7(15)14(5-2-3-5)8(6)12-10(11)13-9/h5H,2-4H2,1H3,(H2,11,12,13). The number of hydrogen-bond acceptors (Lipinski definition) is 5. The highest BCUT2D eigenvalue weighted by Crippen LogP contribution is 2.40. The summed E-state index contributed by atoms with van der Waals surface area (Å²) in [4.78, 5) is 21.7. The Hall–Kier alpha value is -1.85. The summed E-state index contributed by atoms with van der Waals surface area (Å²) in [6.07, 6.45) is 2.39. The fourth-order valence-corrected chi connectivity index (χ4v) is 2.05. The van der Waals surface area contributed by atoms with Crippen molar-refractivity contribution in [3.05, 3.63) is 5.56 Å². The largest absolute Gasteiger partial charge is 0.481 e. The Kier molecular flexibility index (Phi) is 1.80. The van der Waals surface area contributed by atoms with Crippen molar-refractivity contribution in [2.45, 2.75) is 25.3 Å². The highest BCUT2D eigenvalue weighted by molar-refractivity contribution is 6.02. The zero-order valence-electron chi connectivity index (χ0n) is 8.93. The van der Waals surface area contributed by atoms with Gasteiger partial charge in [-0.25, -0.2) is 0 Å². The summed E-state index contributed by atoms with van der Waals surface area (Å²) in [7, 11) is 1.52. The molecular formula is C10H12N4O2. The minimum Gasteiger partial charge on any atom is -0.481 e.